The normalized spacial score (nSPS) is 30.9. The third-order valence-corrected chi connectivity index (χ3v) is 4.63. The lowest BCUT2D eigenvalue weighted by Gasteiger charge is -2.41. The molecule has 2 aliphatic heterocycles. The van der Waals surface area contributed by atoms with Gasteiger partial charge in [-0.15, -0.1) is 0 Å². The summed E-state index contributed by atoms with van der Waals surface area (Å²) in [5, 5.41) is 12.5. The minimum Gasteiger partial charge on any atom is -0.395 e. The molecule has 2 rings (SSSR count). The van der Waals surface area contributed by atoms with E-state index in [1.807, 2.05) is 0 Å². The maximum Gasteiger partial charge on any atom is 0.0558 e. The molecule has 2 atom stereocenters. The lowest BCUT2D eigenvalue weighted by molar-refractivity contribution is 0.0740. The maximum absolute atomic E-state index is 8.97. The fourth-order valence-electron chi connectivity index (χ4n) is 3.38. The summed E-state index contributed by atoms with van der Waals surface area (Å²) in [5.41, 5.74) is 0. The number of β-amino-alcohol motifs (C(OH)–C–C–N with tert-alkyl or cyclic N) is 1. The molecule has 0 radical (unpaired) electrons. The van der Waals surface area contributed by atoms with Crippen LogP contribution < -0.4 is 5.32 Å². The molecule has 2 unspecified atom stereocenters. The molecule has 2 heterocycles. The molecular weight excluding hydrogens is 240 g/mol. The Balaban J connectivity index is 1.77. The summed E-state index contributed by atoms with van der Waals surface area (Å²) < 4.78 is 0. The van der Waals surface area contributed by atoms with Crippen molar-refractivity contribution in [1.29, 1.82) is 0 Å². The van der Waals surface area contributed by atoms with Crippen LogP contribution in [0.3, 0.4) is 0 Å². The van der Waals surface area contributed by atoms with E-state index in [1.54, 1.807) is 0 Å². The Labute approximate surface area is 117 Å². The minimum atomic E-state index is 0.289. The highest BCUT2D eigenvalue weighted by Gasteiger charge is 2.29. The maximum atomic E-state index is 8.97. The molecule has 5 nitrogen and oxygen atoms in total. The Kier molecular flexibility index (Phi) is 6.04. The summed E-state index contributed by atoms with van der Waals surface area (Å²) in [6, 6.07) is 0.671. The van der Waals surface area contributed by atoms with Gasteiger partial charge in [0.25, 0.3) is 0 Å². The van der Waals surface area contributed by atoms with Crippen LogP contribution in [0.2, 0.25) is 0 Å². The summed E-state index contributed by atoms with van der Waals surface area (Å²) in [6.07, 6.45) is 1.29. The highest BCUT2D eigenvalue weighted by Crippen LogP contribution is 2.18. The first-order valence-corrected chi connectivity index (χ1v) is 7.63. The summed E-state index contributed by atoms with van der Waals surface area (Å²) in [4.78, 5) is 7.35. The first-order valence-electron chi connectivity index (χ1n) is 7.63. The molecule has 0 aromatic heterocycles. The second-order valence-corrected chi connectivity index (χ2v) is 6.15. The molecular formula is C14H30N4O. The van der Waals surface area contributed by atoms with E-state index in [2.05, 4.69) is 34.1 Å². The van der Waals surface area contributed by atoms with Crippen molar-refractivity contribution in [3.05, 3.63) is 0 Å². The summed E-state index contributed by atoms with van der Waals surface area (Å²) in [5.74, 6) is 0.792. The largest absolute Gasteiger partial charge is 0.395 e. The van der Waals surface area contributed by atoms with Crippen LogP contribution in [0.15, 0.2) is 0 Å². The molecule has 2 fully saturated rings. The number of aliphatic hydroxyl groups is 1. The van der Waals surface area contributed by atoms with Crippen molar-refractivity contribution in [3.63, 3.8) is 0 Å². The van der Waals surface area contributed by atoms with E-state index in [9.17, 15) is 0 Å². The van der Waals surface area contributed by atoms with Crippen molar-refractivity contribution in [3.8, 4) is 0 Å². The number of nitrogens with one attached hydrogen (secondary N) is 1. The minimum absolute atomic E-state index is 0.289. The van der Waals surface area contributed by atoms with Crippen LogP contribution >= 0.6 is 0 Å². The van der Waals surface area contributed by atoms with Crippen LogP contribution in [-0.4, -0.2) is 98.9 Å². The van der Waals surface area contributed by atoms with Gasteiger partial charge in [-0.05, 0) is 33.0 Å². The summed E-state index contributed by atoms with van der Waals surface area (Å²) >= 11 is 0. The third-order valence-electron chi connectivity index (χ3n) is 4.63. The number of piperidine rings is 1. The Hall–Kier alpha value is -0.200. The zero-order valence-electron chi connectivity index (χ0n) is 12.5. The average molecular weight is 270 g/mol. The Morgan fingerprint density at radius 3 is 2.47 bits per heavy atom. The van der Waals surface area contributed by atoms with Crippen molar-refractivity contribution in [2.75, 3.05) is 73.1 Å². The smallest absolute Gasteiger partial charge is 0.0558 e. The van der Waals surface area contributed by atoms with Crippen molar-refractivity contribution in [2.45, 2.75) is 12.5 Å². The van der Waals surface area contributed by atoms with E-state index in [0.717, 1.165) is 45.2 Å². The van der Waals surface area contributed by atoms with Gasteiger partial charge in [0.1, 0.15) is 0 Å². The molecule has 0 saturated carbocycles. The number of rotatable bonds is 5. The summed E-state index contributed by atoms with van der Waals surface area (Å²) in [6.45, 7) is 9.18. The number of aliphatic hydroxyl groups excluding tert-OH is 1. The fourth-order valence-corrected chi connectivity index (χ4v) is 3.38. The van der Waals surface area contributed by atoms with Crippen molar-refractivity contribution in [1.82, 2.24) is 20.0 Å². The number of hydrogen-bond acceptors (Lipinski definition) is 5. The quantitative estimate of drug-likeness (QED) is 0.680. The number of nitrogens with zero attached hydrogens (tertiary/aromatic N) is 3. The van der Waals surface area contributed by atoms with Crippen LogP contribution in [0.5, 0.6) is 0 Å². The average Bonchev–Trinajstić information content (AvgIpc) is 2.42. The number of likely N-dealkylation sites (N-methyl/N-ethyl adjacent to an activating group) is 1. The van der Waals surface area contributed by atoms with Crippen molar-refractivity contribution in [2.24, 2.45) is 5.92 Å². The van der Waals surface area contributed by atoms with E-state index in [-0.39, 0.29) is 6.61 Å². The van der Waals surface area contributed by atoms with Gasteiger partial charge in [0, 0.05) is 51.9 Å². The van der Waals surface area contributed by atoms with Gasteiger partial charge >= 0.3 is 0 Å². The Bertz CT molecular complexity index is 254. The lowest BCUT2D eigenvalue weighted by atomic mass is 9.91. The van der Waals surface area contributed by atoms with E-state index < -0.39 is 0 Å². The molecule has 0 bridgehead atoms. The number of hydrogen-bond donors (Lipinski definition) is 2. The molecule has 112 valence electrons. The zero-order valence-corrected chi connectivity index (χ0v) is 12.5. The predicted molar refractivity (Wildman–Crippen MR) is 78.4 cm³/mol. The second kappa shape index (κ2) is 7.55. The lowest BCUT2D eigenvalue weighted by Crippen LogP contribution is -2.54. The molecule has 0 aliphatic carbocycles. The van der Waals surface area contributed by atoms with Gasteiger partial charge in [-0.2, -0.15) is 0 Å². The molecule has 19 heavy (non-hydrogen) atoms. The van der Waals surface area contributed by atoms with Crippen LogP contribution in [0.25, 0.3) is 0 Å². The first kappa shape index (κ1) is 15.2. The zero-order chi connectivity index (χ0) is 13.7. The Morgan fingerprint density at radius 2 is 1.84 bits per heavy atom. The highest BCUT2D eigenvalue weighted by atomic mass is 16.3. The second-order valence-electron chi connectivity index (χ2n) is 6.15. The van der Waals surface area contributed by atoms with Crippen molar-refractivity contribution < 1.29 is 5.11 Å². The van der Waals surface area contributed by atoms with E-state index in [1.165, 1.54) is 19.5 Å². The molecule has 2 saturated heterocycles. The molecule has 5 heteroatoms. The van der Waals surface area contributed by atoms with Crippen LogP contribution in [0, 0.1) is 5.92 Å². The van der Waals surface area contributed by atoms with Crippen LogP contribution in [0.1, 0.15) is 6.42 Å². The topological polar surface area (TPSA) is 42.0 Å². The van der Waals surface area contributed by atoms with Crippen LogP contribution in [-0.2, 0) is 0 Å². The number of piperazine rings is 1. The van der Waals surface area contributed by atoms with Crippen LogP contribution in [0.4, 0.5) is 0 Å². The Morgan fingerprint density at radius 1 is 1.16 bits per heavy atom. The SMILES string of the molecule is CN(C)C1CNCCC1CN1CCN(CCO)CC1. The molecule has 0 spiro atoms. The predicted octanol–water partition coefficient (Wildman–Crippen LogP) is -0.864. The monoisotopic (exact) mass is 270 g/mol. The first-order chi connectivity index (χ1) is 9.20. The van der Waals surface area contributed by atoms with Gasteiger partial charge < -0.3 is 20.2 Å². The fraction of sp³-hybridized carbons (Fsp3) is 1.00. The van der Waals surface area contributed by atoms with Gasteiger partial charge in [-0.3, -0.25) is 4.90 Å². The van der Waals surface area contributed by atoms with Gasteiger partial charge in [0.2, 0.25) is 0 Å². The molecule has 0 aromatic rings. The van der Waals surface area contributed by atoms with Gasteiger partial charge in [-0.1, -0.05) is 0 Å². The third kappa shape index (κ3) is 4.39. The van der Waals surface area contributed by atoms with Gasteiger partial charge in [-0.25, -0.2) is 0 Å². The molecule has 2 N–H and O–H groups in total. The van der Waals surface area contributed by atoms with E-state index >= 15 is 0 Å². The van der Waals surface area contributed by atoms with E-state index in [0.29, 0.717) is 6.04 Å². The van der Waals surface area contributed by atoms with Gasteiger partial charge in [0.15, 0.2) is 0 Å². The summed E-state index contributed by atoms with van der Waals surface area (Å²) in [7, 11) is 4.40. The molecule has 0 amide bonds. The molecule has 2 aliphatic rings. The van der Waals surface area contributed by atoms with E-state index in [4.69, 9.17) is 5.11 Å². The molecule has 0 aromatic carbocycles. The van der Waals surface area contributed by atoms with Gasteiger partial charge in [0.05, 0.1) is 6.61 Å². The standard InChI is InChI=1S/C14H30N4O/c1-16(2)14-11-15-4-3-13(14)12-18-7-5-17(6-8-18)9-10-19/h13-15,19H,3-12H2,1-2H3. The van der Waals surface area contributed by atoms with Crippen molar-refractivity contribution >= 4 is 0 Å². The highest BCUT2D eigenvalue weighted by molar-refractivity contribution is 4.86.